The summed E-state index contributed by atoms with van der Waals surface area (Å²) in [7, 11) is 0. The van der Waals surface area contributed by atoms with Gasteiger partial charge in [-0.2, -0.15) is 0 Å². The van der Waals surface area contributed by atoms with E-state index < -0.39 is 5.41 Å². The van der Waals surface area contributed by atoms with Crippen molar-refractivity contribution in [3.05, 3.63) is 210 Å². The first-order valence-corrected chi connectivity index (χ1v) is 16.0. The zero-order valence-corrected chi connectivity index (χ0v) is 25.3. The molecule has 0 N–H and O–H groups in total. The van der Waals surface area contributed by atoms with Gasteiger partial charge in [-0.1, -0.05) is 152 Å². The fourth-order valence-electron chi connectivity index (χ4n) is 7.89. The molecule has 0 aromatic heterocycles. The second kappa shape index (κ2) is 10.6. The molecule has 0 amide bonds. The molecule has 1 heteroatoms. The number of rotatable bonds is 5. The van der Waals surface area contributed by atoms with Gasteiger partial charge >= 0.3 is 0 Å². The molecule has 0 aliphatic heterocycles. The van der Waals surface area contributed by atoms with Crippen LogP contribution < -0.4 is 4.90 Å². The average molecular weight is 586 g/mol. The Morgan fingerprint density at radius 2 is 0.783 bits per heavy atom. The maximum atomic E-state index is 2.46. The second-order valence-corrected chi connectivity index (χ2v) is 12.1. The van der Waals surface area contributed by atoms with Crippen molar-refractivity contribution in [2.24, 2.45) is 0 Å². The molecule has 1 aliphatic rings. The van der Waals surface area contributed by atoms with Crippen LogP contribution in [0.1, 0.15) is 22.3 Å². The molecule has 46 heavy (non-hydrogen) atoms. The van der Waals surface area contributed by atoms with Crippen LogP contribution in [-0.4, -0.2) is 0 Å². The van der Waals surface area contributed by atoms with Gasteiger partial charge in [-0.3, -0.25) is 0 Å². The van der Waals surface area contributed by atoms with E-state index in [4.69, 9.17) is 0 Å². The number of nitrogens with zero attached hydrogens (tertiary/aromatic N) is 1. The lowest BCUT2D eigenvalue weighted by atomic mass is 9.66. The Kier molecular flexibility index (Phi) is 6.11. The van der Waals surface area contributed by atoms with Gasteiger partial charge in [-0.05, 0) is 91.3 Å². The molecule has 216 valence electrons. The van der Waals surface area contributed by atoms with Crippen molar-refractivity contribution >= 4 is 38.6 Å². The molecule has 0 radical (unpaired) electrons. The van der Waals surface area contributed by atoms with Crippen LogP contribution in [0, 0.1) is 0 Å². The van der Waals surface area contributed by atoms with E-state index in [-0.39, 0.29) is 0 Å². The summed E-state index contributed by atoms with van der Waals surface area (Å²) in [5, 5.41) is 5.17. The van der Waals surface area contributed by atoms with Crippen molar-refractivity contribution in [3.8, 4) is 11.1 Å². The predicted octanol–water partition coefficient (Wildman–Crippen LogP) is 11.8. The zero-order valence-electron chi connectivity index (χ0n) is 25.3. The van der Waals surface area contributed by atoms with Gasteiger partial charge in [0.25, 0.3) is 0 Å². The third-order valence-corrected chi connectivity index (χ3v) is 9.69. The topological polar surface area (TPSA) is 3.24 Å². The van der Waals surface area contributed by atoms with E-state index in [2.05, 4.69) is 193 Å². The minimum Gasteiger partial charge on any atom is -0.310 e. The molecule has 1 aliphatic carbocycles. The molecule has 0 heterocycles. The Labute approximate surface area is 269 Å². The maximum Gasteiger partial charge on any atom is 0.0720 e. The van der Waals surface area contributed by atoms with E-state index >= 15 is 0 Å². The van der Waals surface area contributed by atoms with E-state index in [0.29, 0.717) is 0 Å². The Bertz CT molecular complexity index is 2260. The number of hydrogen-bond donors (Lipinski definition) is 0. The van der Waals surface area contributed by atoms with Gasteiger partial charge in [0.2, 0.25) is 0 Å². The lowest BCUT2D eigenvalue weighted by molar-refractivity contribution is 0.776. The summed E-state index contributed by atoms with van der Waals surface area (Å²) >= 11 is 0. The van der Waals surface area contributed by atoms with Crippen LogP contribution in [0.15, 0.2) is 188 Å². The summed E-state index contributed by atoms with van der Waals surface area (Å²) in [5.74, 6) is 0. The third kappa shape index (κ3) is 3.82. The highest BCUT2D eigenvalue weighted by atomic mass is 15.1. The monoisotopic (exact) mass is 585 g/mol. The predicted molar refractivity (Wildman–Crippen MR) is 193 cm³/mol. The first-order valence-electron chi connectivity index (χ1n) is 16.0. The van der Waals surface area contributed by atoms with Crippen LogP contribution in [0.3, 0.4) is 0 Å². The van der Waals surface area contributed by atoms with Crippen LogP contribution in [-0.2, 0) is 5.41 Å². The van der Waals surface area contributed by atoms with Crippen LogP contribution >= 0.6 is 0 Å². The van der Waals surface area contributed by atoms with E-state index in [1.54, 1.807) is 0 Å². The highest BCUT2D eigenvalue weighted by molar-refractivity contribution is 6.19. The number of anilines is 3. The van der Waals surface area contributed by atoms with Gasteiger partial charge in [0.1, 0.15) is 0 Å². The Morgan fingerprint density at radius 1 is 0.348 bits per heavy atom. The molecular weight excluding hydrogens is 555 g/mol. The molecule has 8 aromatic rings. The molecule has 0 saturated heterocycles. The number of fused-ring (bicyclic) bond motifs is 8. The molecule has 0 spiro atoms. The van der Waals surface area contributed by atoms with Crippen molar-refractivity contribution in [2.75, 3.05) is 4.90 Å². The number of hydrogen-bond acceptors (Lipinski definition) is 1. The third-order valence-electron chi connectivity index (χ3n) is 9.69. The minimum absolute atomic E-state index is 0.536. The highest BCUT2D eigenvalue weighted by Gasteiger charge is 2.48. The first-order chi connectivity index (χ1) is 22.9. The summed E-state index contributed by atoms with van der Waals surface area (Å²) in [4.78, 5) is 2.38. The molecular formula is C45H31N. The maximum absolute atomic E-state index is 2.46. The molecule has 0 bridgehead atoms. The van der Waals surface area contributed by atoms with Crippen LogP contribution in [0.25, 0.3) is 32.7 Å². The standard InChI is InChI=1S/C45H31N/c1-5-17-32(18-6-1)45(33-19-7-2-8-20-33)42-31-36(46(34-21-9-3-10-22-34)35-23-11-4-12-24-35)29-30-41(42)43-39-27-15-13-25-37(39)38-26-14-16-28-40(38)44(43)45/h1-31H. The summed E-state index contributed by atoms with van der Waals surface area (Å²) in [6.07, 6.45) is 0. The number of benzene rings is 8. The van der Waals surface area contributed by atoms with Crippen molar-refractivity contribution < 1.29 is 0 Å². The zero-order chi connectivity index (χ0) is 30.5. The minimum atomic E-state index is -0.536. The molecule has 8 aromatic carbocycles. The van der Waals surface area contributed by atoms with Crippen LogP contribution in [0.5, 0.6) is 0 Å². The molecule has 0 fully saturated rings. The Balaban J connectivity index is 1.46. The first kappa shape index (κ1) is 26.5. The van der Waals surface area contributed by atoms with Gasteiger partial charge in [0, 0.05) is 17.1 Å². The Morgan fingerprint density at radius 3 is 1.33 bits per heavy atom. The normalized spacial score (nSPS) is 13.0. The van der Waals surface area contributed by atoms with Crippen LogP contribution in [0.2, 0.25) is 0 Å². The fraction of sp³-hybridized carbons (Fsp3) is 0.0222. The Hall–Kier alpha value is -5.92. The second-order valence-electron chi connectivity index (χ2n) is 12.1. The van der Waals surface area contributed by atoms with Crippen LogP contribution in [0.4, 0.5) is 17.1 Å². The van der Waals surface area contributed by atoms with E-state index in [1.807, 2.05) is 0 Å². The van der Waals surface area contributed by atoms with E-state index in [1.165, 1.54) is 54.9 Å². The summed E-state index contributed by atoms with van der Waals surface area (Å²) in [6, 6.07) is 68.7. The molecule has 1 nitrogen and oxygen atoms in total. The average Bonchev–Trinajstić information content (AvgIpc) is 3.45. The summed E-state index contributed by atoms with van der Waals surface area (Å²) in [6.45, 7) is 0. The largest absolute Gasteiger partial charge is 0.310 e. The van der Waals surface area contributed by atoms with Gasteiger partial charge in [0.05, 0.1) is 5.41 Å². The van der Waals surface area contributed by atoms with E-state index in [0.717, 1.165) is 17.1 Å². The smallest absolute Gasteiger partial charge is 0.0720 e. The van der Waals surface area contributed by atoms with Crippen molar-refractivity contribution in [1.29, 1.82) is 0 Å². The molecule has 9 rings (SSSR count). The lowest BCUT2D eigenvalue weighted by Gasteiger charge is -2.35. The van der Waals surface area contributed by atoms with Crippen molar-refractivity contribution in [3.63, 3.8) is 0 Å². The fourth-order valence-corrected chi connectivity index (χ4v) is 7.89. The highest BCUT2D eigenvalue weighted by Crippen LogP contribution is 2.61. The van der Waals surface area contributed by atoms with Crippen molar-refractivity contribution in [1.82, 2.24) is 0 Å². The van der Waals surface area contributed by atoms with Crippen molar-refractivity contribution in [2.45, 2.75) is 5.41 Å². The molecule has 0 atom stereocenters. The molecule has 0 saturated carbocycles. The van der Waals surface area contributed by atoms with Gasteiger partial charge in [-0.25, -0.2) is 0 Å². The molecule has 0 unspecified atom stereocenters. The summed E-state index contributed by atoms with van der Waals surface area (Å²) < 4.78 is 0. The SMILES string of the molecule is c1ccc(N(c2ccccc2)c2ccc3c(c2)C(c2ccccc2)(c2ccccc2)c2c-3c3ccccc3c3ccccc23)cc1. The van der Waals surface area contributed by atoms with Gasteiger partial charge < -0.3 is 4.90 Å². The van der Waals surface area contributed by atoms with Gasteiger partial charge in [0.15, 0.2) is 0 Å². The quantitative estimate of drug-likeness (QED) is 0.182. The lowest BCUT2D eigenvalue weighted by Crippen LogP contribution is -2.29. The van der Waals surface area contributed by atoms with Gasteiger partial charge in [-0.15, -0.1) is 0 Å². The number of para-hydroxylation sites is 2. The van der Waals surface area contributed by atoms with E-state index in [9.17, 15) is 0 Å². The summed E-state index contributed by atoms with van der Waals surface area (Å²) in [5.41, 5.74) is 10.7.